The lowest BCUT2D eigenvalue weighted by Gasteiger charge is -2.45. The molecular formula is C15H30N2O2. The molecule has 4 atom stereocenters. The van der Waals surface area contributed by atoms with Crippen molar-refractivity contribution in [1.29, 1.82) is 0 Å². The highest BCUT2D eigenvalue weighted by molar-refractivity contribution is 4.91. The van der Waals surface area contributed by atoms with Gasteiger partial charge in [-0.05, 0) is 38.3 Å². The number of likely N-dealkylation sites (tertiary alicyclic amines) is 1. The van der Waals surface area contributed by atoms with E-state index in [1.54, 1.807) is 0 Å². The summed E-state index contributed by atoms with van der Waals surface area (Å²) in [7, 11) is 1.84. The standard InChI is InChI=1S/C15H30N2O2/c1-4-7-16-13-6-9-19-11-14(13)17-8-5-12(2)15(10-17)18-3/h12-16H,4-11H2,1-3H3. The molecule has 2 saturated heterocycles. The van der Waals surface area contributed by atoms with E-state index < -0.39 is 0 Å². The van der Waals surface area contributed by atoms with Crippen molar-refractivity contribution in [1.82, 2.24) is 10.2 Å². The lowest BCUT2D eigenvalue weighted by atomic mass is 9.92. The summed E-state index contributed by atoms with van der Waals surface area (Å²) in [5.74, 6) is 0.674. The van der Waals surface area contributed by atoms with Crippen LogP contribution in [-0.2, 0) is 9.47 Å². The molecule has 2 aliphatic rings. The molecule has 0 saturated carbocycles. The Morgan fingerprint density at radius 3 is 2.95 bits per heavy atom. The van der Waals surface area contributed by atoms with Crippen LogP contribution in [0.3, 0.4) is 0 Å². The summed E-state index contributed by atoms with van der Waals surface area (Å²) in [5.41, 5.74) is 0. The predicted octanol–water partition coefficient (Wildman–Crippen LogP) is 1.50. The molecule has 2 rings (SSSR count). The monoisotopic (exact) mass is 270 g/mol. The molecule has 4 nitrogen and oxygen atoms in total. The highest BCUT2D eigenvalue weighted by Crippen LogP contribution is 2.24. The number of ether oxygens (including phenoxy) is 2. The third kappa shape index (κ3) is 3.91. The maximum Gasteiger partial charge on any atom is 0.0724 e. The topological polar surface area (TPSA) is 33.7 Å². The molecule has 19 heavy (non-hydrogen) atoms. The number of hydrogen-bond acceptors (Lipinski definition) is 4. The molecular weight excluding hydrogens is 240 g/mol. The molecule has 0 aromatic rings. The molecule has 112 valence electrons. The number of methoxy groups -OCH3 is 1. The molecule has 4 unspecified atom stereocenters. The van der Waals surface area contributed by atoms with Gasteiger partial charge in [0.05, 0.1) is 12.7 Å². The third-order valence-electron chi connectivity index (χ3n) is 4.68. The molecule has 0 bridgehead atoms. The minimum Gasteiger partial charge on any atom is -0.380 e. The van der Waals surface area contributed by atoms with E-state index in [9.17, 15) is 0 Å². The molecule has 0 amide bonds. The van der Waals surface area contributed by atoms with Gasteiger partial charge >= 0.3 is 0 Å². The van der Waals surface area contributed by atoms with Gasteiger partial charge in [-0.15, -0.1) is 0 Å². The van der Waals surface area contributed by atoms with Crippen molar-refractivity contribution in [2.24, 2.45) is 5.92 Å². The molecule has 1 N–H and O–H groups in total. The molecule has 2 aliphatic heterocycles. The summed E-state index contributed by atoms with van der Waals surface area (Å²) in [6.45, 7) is 9.64. The van der Waals surface area contributed by atoms with Crippen molar-refractivity contribution in [2.75, 3.05) is 40.0 Å². The lowest BCUT2D eigenvalue weighted by Crippen LogP contribution is -2.59. The van der Waals surface area contributed by atoms with E-state index in [-0.39, 0.29) is 0 Å². The van der Waals surface area contributed by atoms with Gasteiger partial charge in [-0.3, -0.25) is 4.90 Å². The Morgan fingerprint density at radius 2 is 2.21 bits per heavy atom. The third-order valence-corrected chi connectivity index (χ3v) is 4.68. The molecule has 0 aliphatic carbocycles. The molecule has 2 heterocycles. The van der Waals surface area contributed by atoms with Crippen LogP contribution in [0.25, 0.3) is 0 Å². The Bertz CT molecular complexity index is 263. The van der Waals surface area contributed by atoms with Crippen LogP contribution < -0.4 is 5.32 Å². The zero-order valence-electron chi connectivity index (χ0n) is 12.7. The number of nitrogens with zero attached hydrogens (tertiary/aromatic N) is 1. The Kier molecular flexibility index (Phi) is 6.07. The minimum absolute atomic E-state index is 0.377. The number of hydrogen-bond donors (Lipinski definition) is 1. The van der Waals surface area contributed by atoms with Crippen LogP contribution in [0, 0.1) is 5.92 Å². The fourth-order valence-corrected chi connectivity index (χ4v) is 3.32. The van der Waals surface area contributed by atoms with Gasteiger partial charge < -0.3 is 14.8 Å². The first kappa shape index (κ1) is 15.2. The van der Waals surface area contributed by atoms with Gasteiger partial charge in [0.1, 0.15) is 0 Å². The molecule has 0 spiro atoms. The number of rotatable bonds is 5. The first-order valence-corrected chi connectivity index (χ1v) is 7.84. The summed E-state index contributed by atoms with van der Waals surface area (Å²) >= 11 is 0. The highest BCUT2D eigenvalue weighted by Gasteiger charge is 2.35. The van der Waals surface area contributed by atoms with E-state index in [4.69, 9.17) is 9.47 Å². The fourth-order valence-electron chi connectivity index (χ4n) is 3.32. The van der Waals surface area contributed by atoms with E-state index in [2.05, 4.69) is 24.1 Å². The smallest absolute Gasteiger partial charge is 0.0724 e. The van der Waals surface area contributed by atoms with Crippen molar-refractivity contribution in [3.05, 3.63) is 0 Å². The van der Waals surface area contributed by atoms with Gasteiger partial charge in [0.25, 0.3) is 0 Å². The first-order chi connectivity index (χ1) is 9.26. The Labute approximate surface area is 117 Å². The summed E-state index contributed by atoms with van der Waals surface area (Å²) in [6.07, 6.45) is 3.94. The van der Waals surface area contributed by atoms with E-state index in [0.29, 0.717) is 24.1 Å². The molecule has 0 aromatic carbocycles. The maximum atomic E-state index is 5.72. The van der Waals surface area contributed by atoms with Crippen LogP contribution in [0.15, 0.2) is 0 Å². The van der Waals surface area contributed by atoms with E-state index in [0.717, 1.165) is 32.7 Å². The quantitative estimate of drug-likeness (QED) is 0.821. The van der Waals surface area contributed by atoms with E-state index >= 15 is 0 Å². The van der Waals surface area contributed by atoms with Crippen LogP contribution in [0.2, 0.25) is 0 Å². The first-order valence-electron chi connectivity index (χ1n) is 7.84. The van der Waals surface area contributed by atoms with Crippen molar-refractivity contribution >= 4 is 0 Å². The van der Waals surface area contributed by atoms with Crippen LogP contribution >= 0.6 is 0 Å². The second-order valence-electron chi connectivity index (χ2n) is 6.03. The molecule has 0 aromatic heterocycles. The van der Waals surface area contributed by atoms with Crippen molar-refractivity contribution in [3.63, 3.8) is 0 Å². The zero-order valence-corrected chi connectivity index (χ0v) is 12.7. The van der Waals surface area contributed by atoms with Crippen molar-refractivity contribution < 1.29 is 9.47 Å². The SMILES string of the molecule is CCCNC1CCOCC1N1CCC(C)C(OC)C1. The van der Waals surface area contributed by atoms with Crippen molar-refractivity contribution in [3.8, 4) is 0 Å². The van der Waals surface area contributed by atoms with Gasteiger partial charge in [-0.2, -0.15) is 0 Å². The van der Waals surface area contributed by atoms with Crippen LogP contribution in [0.4, 0.5) is 0 Å². The fraction of sp³-hybridized carbons (Fsp3) is 1.00. The van der Waals surface area contributed by atoms with Gasteiger partial charge in [0.15, 0.2) is 0 Å². The molecule has 0 radical (unpaired) electrons. The summed E-state index contributed by atoms with van der Waals surface area (Å²) in [4.78, 5) is 2.58. The molecule has 4 heteroatoms. The van der Waals surface area contributed by atoms with E-state index in [1.807, 2.05) is 7.11 Å². The van der Waals surface area contributed by atoms with Crippen LogP contribution in [0.5, 0.6) is 0 Å². The Balaban J connectivity index is 1.93. The Morgan fingerprint density at radius 1 is 1.37 bits per heavy atom. The highest BCUT2D eigenvalue weighted by atomic mass is 16.5. The zero-order chi connectivity index (χ0) is 13.7. The van der Waals surface area contributed by atoms with Crippen molar-refractivity contribution in [2.45, 2.75) is 51.3 Å². The average molecular weight is 270 g/mol. The average Bonchev–Trinajstić information content (AvgIpc) is 2.46. The van der Waals surface area contributed by atoms with Gasteiger partial charge in [-0.1, -0.05) is 13.8 Å². The largest absolute Gasteiger partial charge is 0.380 e. The second-order valence-corrected chi connectivity index (χ2v) is 6.03. The number of nitrogens with one attached hydrogen (secondary N) is 1. The van der Waals surface area contributed by atoms with E-state index in [1.165, 1.54) is 19.4 Å². The van der Waals surface area contributed by atoms with Crippen LogP contribution in [-0.4, -0.2) is 63.0 Å². The summed E-state index contributed by atoms with van der Waals surface area (Å²) in [6, 6.07) is 1.10. The number of piperidine rings is 1. The van der Waals surface area contributed by atoms with Crippen LogP contribution in [0.1, 0.15) is 33.1 Å². The minimum atomic E-state index is 0.377. The maximum absolute atomic E-state index is 5.72. The normalized spacial score (nSPS) is 37.4. The van der Waals surface area contributed by atoms with Gasteiger partial charge in [0.2, 0.25) is 0 Å². The second kappa shape index (κ2) is 7.58. The predicted molar refractivity (Wildman–Crippen MR) is 77.5 cm³/mol. The molecule has 2 fully saturated rings. The lowest BCUT2D eigenvalue weighted by molar-refractivity contribution is -0.0593. The Hall–Kier alpha value is -0.160. The van der Waals surface area contributed by atoms with Gasteiger partial charge in [0, 0.05) is 32.3 Å². The summed E-state index contributed by atoms with van der Waals surface area (Å²) < 4.78 is 11.4. The van der Waals surface area contributed by atoms with Gasteiger partial charge in [-0.25, -0.2) is 0 Å². The summed E-state index contributed by atoms with van der Waals surface area (Å²) in [5, 5.41) is 3.70.